The van der Waals surface area contributed by atoms with Gasteiger partial charge in [-0.05, 0) is 27.7 Å². The molecule has 0 radical (unpaired) electrons. The van der Waals surface area contributed by atoms with Crippen molar-refractivity contribution in [2.75, 3.05) is 20.3 Å². The summed E-state index contributed by atoms with van der Waals surface area (Å²) in [6.45, 7) is 8.20. The summed E-state index contributed by atoms with van der Waals surface area (Å²) in [6, 6.07) is -0.141. The van der Waals surface area contributed by atoms with Crippen LogP contribution in [0.2, 0.25) is 0 Å². The van der Waals surface area contributed by atoms with Gasteiger partial charge in [-0.2, -0.15) is 0 Å². The molecule has 0 aromatic rings. The van der Waals surface area contributed by atoms with E-state index in [-0.39, 0.29) is 18.1 Å². The first-order valence-corrected chi connectivity index (χ1v) is 5.62. The van der Waals surface area contributed by atoms with Crippen LogP contribution in [-0.4, -0.2) is 54.5 Å². The molecule has 0 aliphatic carbocycles. The number of nitrogens with zero attached hydrogens (tertiary/aromatic N) is 1. The van der Waals surface area contributed by atoms with E-state index in [1.54, 1.807) is 18.9 Å². The molecule has 0 aliphatic rings. The molecule has 2 atom stereocenters. The lowest BCUT2D eigenvalue weighted by Gasteiger charge is -2.29. The Kier molecular flexibility index (Phi) is 7.08. The molecule has 2 N–H and O–H groups in total. The second-order valence-electron chi connectivity index (χ2n) is 4.40. The minimum atomic E-state index is -0.522. The van der Waals surface area contributed by atoms with E-state index >= 15 is 0 Å². The van der Waals surface area contributed by atoms with Gasteiger partial charge in [0.25, 0.3) is 0 Å². The van der Waals surface area contributed by atoms with Gasteiger partial charge in [0.1, 0.15) is 0 Å². The van der Waals surface area contributed by atoms with Crippen molar-refractivity contribution in [1.29, 1.82) is 0 Å². The molecule has 0 spiro atoms. The minimum absolute atomic E-state index is 0.0345. The second-order valence-corrected chi connectivity index (χ2v) is 4.40. The van der Waals surface area contributed by atoms with Crippen LogP contribution in [0.3, 0.4) is 0 Å². The quantitative estimate of drug-likeness (QED) is 0.713. The Bertz CT molecular complexity index is 207. The average Bonchev–Trinajstić information content (AvgIpc) is 2.13. The molecule has 2 amide bonds. The maximum atomic E-state index is 11.9. The molecule has 5 heteroatoms. The first-order valence-electron chi connectivity index (χ1n) is 5.62. The van der Waals surface area contributed by atoms with E-state index in [2.05, 4.69) is 5.32 Å². The molecule has 0 aliphatic heterocycles. The van der Waals surface area contributed by atoms with Crippen molar-refractivity contribution in [2.45, 2.75) is 45.9 Å². The van der Waals surface area contributed by atoms with Crippen LogP contribution < -0.4 is 5.32 Å². The largest absolute Gasteiger partial charge is 0.392 e. The number of aliphatic hydroxyl groups is 1. The fourth-order valence-electron chi connectivity index (χ4n) is 1.40. The van der Waals surface area contributed by atoms with Crippen LogP contribution in [0.15, 0.2) is 0 Å². The summed E-state index contributed by atoms with van der Waals surface area (Å²) in [5.74, 6) is 0. The molecule has 0 bridgehead atoms. The molecule has 0 fully saturated rings. The molecule has 0 aromatic heterocycles. The fraction of sp³-hybridized carbons (Fsp3) is 0.909. The van der Waals surface area contributed by atoms with E-state index in [1.807, 2.05) is 20.8 Å². The predicted molar refractivity (Wildman–Crippen MR) is 63.4 cm³/mol. The first kappa shape index (κ1) is 15.2. The molecular formula is C11H24N2O3. The van der Waals surface area contributed by atoms with E-state index in [9.17, 15) is 9.90 Å². The molecule has 16 heavy (non-hydrogen) atoms. The maximum Gasteiger partial charge on any atom is 0.318 e. The summed E-state index contributed by atoms with van der Waals surface area (Å²) < 4.78 is 4.94. The third-order valence-corrected chi connectivity index (χ3v) is 2.13. The van der Waals surface area contributed by atoms with E-state index in [0.29, 0.717) is 13.2 Å². The van der Waals surface area contributed by atoms with Gasteiger partial charge in [-0.15, -0.1) is 0 Å². The van der Waals surface area contributed by atoms with Gasteiger partial charge in [0, 0.05) is 19.7 Å². The number of amides is 2. The van der Waals surface area contributed by atoms with Crippen molar-refractivity contribution >= 4 is 6.03 Å². The smallest absolute Gasteiger partial charge is 0.318 e. The molecular weight excluding hydrogens is 208 g/mol. The number of hydrogen-bond acceptors (Lipinski definition) is 3. The highest BCUT2D eigenvalue weighted by Gasteiger charge is 2.19. The van der Waals surface area contributed by atoms with Crippen molar-refractivity contribution < 1.29 is 14.6 Å². The summed E-state index contributed by atoms with van der Waals surface area (Å²) in [5, 5.41) is 12.1. The van der Waals surface area contributed by atoms with Gasteiger partial charge < -0.3 is 20.1 Å². The number of rotatable bonds is 6. The summed E-state index contributed by atoms with van der Waals surface area (Å²) in [7, 11) is 1.60. The van der Waals surface area contributed by atoms with Crippen LogP contribution >= 0.6 is 0 Å². The van der Waals surface area contributed by atoms with Crippen LogP contribution in [0.1, 0.15) is 27.7 Å². The number of nitrogens with one attached hydrogen (secondary N) is 1. The van der Waals surface area contributed by atoms with Gasteiger partial charge in [-0.25, -0.2) is 4.79 Å². The van der Waals surface area contributed by atoms with Crippen molar-refractivity contribution in [2.24, 2.45) is 0 Å². The summed E-state index contributed by atoms with van der Waals surface area (Å²) in [5.41, 5.74) is 0. The van der Waals surface area contributed by atoms with E-state index in [0.717, 1.165) is 0 Å². The first-order chi connectivity index (χ1) is 7.38. The van der Waals surface area contributed by atoms with Gasteiger partial charge in [0.2, 0.25) is 0 Å². The lowest BCUT2D eigenvalue weighted by atomic mass is 10.3. The Morgan fingerprint density at radius 3 is 2.31 bits per heavy atom. The SMILES string of the molecule is COC[C@@H](C)NC(=O)N(C[C@@H](C)O)C(C)C. The molecule has 96 valence electrons. The van der Waals surface area contributed by atoms with Gasteiger partial charge in [-0.3, -0.25) is 0 Å². The van der Waals surface area contributed by atoms with Crippen LogP contribution in [0.25, 0.3) is 0 Å². The molecule has 0 saturated heterocycles. The third-order valence-electron chi connectivity index (χ3n) is 2.13. The summed E-state index contributed by atoms with van der Waals surface area (Å²) in [4.78, 5) is 13.5. The van der Waals surface area contributed by atoms with Gasteiger partial charge in [0.15, 0.2) is 0 Å². The van der Waals surface area contributed by atoms with E-state index < -0.39 is 6.10 Å². The Morgan fingerprint density at radius 2 is 1.94 bits per heavy atom. The molecule has 0 heterocycles. The molecule has 0 unspecified atom stereocenters. The predicted octanol–water partition coefficient (Wildman–Crippen LogP) is 0.822. The molecule has 0 saturated carbocycles. The molecule has 5 nitrogen and oxygen atoms in total. The van der Waals surface area contributed by atoms with Crippen LogP contribution in [0, 0.1) is 0 Å². The standard InChI is InChI=1S/C11H24N2O3/c1-8(2)13(6-10(4)14)11(15)12-9(3)7-16-5/h8-10,14H,6-7H2,1-5H3,(H,12,15)/t9-,10-/m1/s1. The van der Waals surface area contributed by atoms with Crippen molar-refractivity contribution in [3.63, 3.8) is 0 Å². The van der Waals surface area contributed by atoms with Gasteiger partial charge in [-0.1, -0.05) is 0 Å². The zero-order valence-corrected chi connectivity index (χ0v) is 10.9. The number of urea groups is 1. The fourth-order valence-corrected chi connectivity index (χ4v) is 1.40. The minimum Gasteiger partial charge on any atom is -0.392 e. The Labute approximate surface area is 97.8 Å². The van der Waals surface area contributed by atoms with Crippen molar-refractivity contribution in [1.82, 2.24) is 10.2 Å². The molecule has 0 aromatic carbocycles. The summed E-state index contributed by atoms with van der Waals surface area (Å²) in [6.07, 6.45) is -0.522. The highest BCUT2D eigenvalue weighted by Crippen LogP contribution is 2.01. The highest BCUT2D eigenvalue weighted by molar-refractivity contribution is 5.74. The number of aliphatic hydroxyl groups excluding tert-OH is 1. The van der Waals surface area contributed by atoms with Crippen LogP contribution in [0.4, 0.5) is 4.79 Å². The number of carbonyl (C=O) groups excluding carboxylic acids is 1. The third kappa shape index (κ3) is 5.92. The number of ether oxygens (including phenoxy) is 1. The number of carbonyl (C=O) groups is 1. The lowest BCUT2D eigenvalue weighted by Crippen LogP contribution is -2.50. The van der Waals surface area contributed by atoms with E-state index in [1.165, 1.54) is 0 Å². The lowest BCUT2D eigenvalue weighted by molar-refractivity contribution is 0.113. The molecule has 0 rings (SSSR count). The average molecular weight is 232 g/mol. The summed E-state index contributed by atoms with van der Waals surface area (Å²) >= 11 is 0. The van der Waals surface area contributed by atoms with Gasteiger partial charge in [0.05, 0.1) is 18.8 Å². The van der Waals surface area contributed by atoms with Crippen LogP contribution in [0.5, 0.6) is 0 Å². The normalized spacial score (nSPS) is 14.7. The van der Waals surface area contributed by atoms with Crippen LogP contribution in [-0.2, 0) is 4.74 Å². The van der Waals surface area contributed by atoms with Gasteiger partial charge >= 0.3 is 6.03 Å². The highest BCUT2D eigenvalue weighted by atomic mass is 16.5. The number of methoxy groups -OCH3 is 1. The maximum absolute atomic E-state index is 11.9. The Balaban J connectivity index is 4.27. The topological polar surface area (TPSA) is 61.8 Å². The van der Waals surface area contributed by atoms with E-state index in [4.69, 9.17) is 4.74 Å². The van der Waals surface area contributed by atoms with Crippen molar-refractivity contribution in [3.8, 4) is 0 Å². The monoisotopic (exact) mass is 232 g/mol. The Morgan fingerprint density at radius 1 is 1.38 bits per heavy atom. The number of hydrogen-bond donors (Lipinski definition) is 2. The second kappa shape index (κ2) is 7.46. The zero-order valence-electron chi connectivity index (χ0n) is 10.9. The van der Waals surface area contributed by atoms with Crippen molar-refractivity contribution in [3.05, 3.63) is 0 Å². The Hall–Kier alpha value is -0.810. The zero-order chi connectivity index (χ0) is 12.7.